The summed E-state index contributed by atoms with van der Waals surface area (Å²) in [6, 6.07) is 48.7. The number of nitrogens with zero attached hydrogens (tertiary/aromatic N) is 5. The first kappa shape index (κ1) is 51.9. The van der Waals surface area contributed by atoms with Crippen molar-refractivity contribution in [2.75, 3.05) is 23.3 Å². The fourth-order valence-electron chi connectivity index (χ4n) is 11.6. The Labute approximate surface area is 478 Å². The van der Waals surface area contributed by atoms with E-state index >= 15 is 0 Å². The Morgan fingerprint density at radius 2 is 1.47 bits per heavy atom. The van der Waals surface area contributed by atoms with Crippen LogP contribution in [0.2, 0.25) is 25.1 Å². The molecule has 0 radical (unpaired) electrons. The zero-order valence-electron chi connectivity index (χ0n) is 42.6. The molecule has 2 saturated heterocycles. The molecule has 0 amide bonds. The molecule has 4 aliphatic heterocycles. The molecular weight excluding hydrogens is 1080 g/mol. The summed E-state index contributed by atoms with van der Waals surface area (Å²) in [5, 5.41) is 14.9. The first-order valence-corrected chi connectivity index (χ1v) is 28.7. The van der Waals surface area contributed by atoms with E-state index in [-0.39, 0.29) is 29.2 Å². The van der Waals surface area contributed by atoms with Gasteiger partial charge in [0.05, 0.1) is 83.1 Å². The minimum absolute atomic E-state index is 0.0551. The second-order valence-corrected chi connectivity index (χ2v) is 24.4. The largest absolute Gasteiger partial charge is 0.455 e. The highest BCUT2D eigenvalue weighted by Gasteiger charge is 2.42. The lowest BCUT2D eigenvalue weighted by molar-refractivity contribution is 0.149. The summed E-state index contributed by atoms with van der Waals surface area (Å²) in [5.41, 5.74) is 9.70. The molecule has 2 fully saturated rings. The molecule has 0 bridgehead atoms. The summed E-state index contributed by atoms with van der Waals surface area (Å²) < 4.78 is 9.03. The number of nitrogens with one attached hydrogen (secondary N) is 3. The van der Waals surface area contributed by atoms with Crippen LogP contribution in [0.15, 0.2) is 189 Å². The predicted molar refractivity (Wildman–Crippen MR) is 320 cm³/mol. The van der Waals surface area contributed by atoms with E-state index in [0.717, 1.165) is 128 Å². The Bertz CT molecular complexity index is 3710. The first-order valence-electron chi connectivity index (χ1n) is 26.0. The fourth-order valence-corrected chi connectivity index (χ4v) is 13.4. The molecule has 3 N–H and O–H groups in total. The minimum atomic E-state index is -0.365. The second-order valence-electron chi connectivity index (χ2n) is 21.3. The molecule has 0 spiro atoms. The summed E-state index contributed by atoms with van der Waals surface area (Å²) in [7, 11) is 0. The third-order valence-electron chi connectivity index (χ3n) is 14.6. The lowest BCUT2D eigenvalue weighted by Gasteiger charge is -2.47. The summed E-state index contributed by atoms with van der Waals surface area (Å²) in [5.74, 6) is 1.44. The number of ether oxygens (including phenoxy) is 1. The van der Waals surface area contributed by atoms with Crippen molar-refractivity contribution in [3.05, 3.63) is 205 Å². The fraction of sp³-hybridized carbons (Fsp3) is 0.242. The number of anilines is 3. The van der Waals surface area contributed by atoms with Gasteiger partial charge in [0.2, 0.25) is 0 Å². The number of para-hydroxylation sites is 2. The van der Waals surface area contributed by atoms with Crippen LogP contribution in [0.5, 0.6) is 5.75 Å². The van der Waals surface area contributed by atoms with Crippen LogP contribution in [0.25, 0.3) is 28.1 Å². The number of hydrogen-bond donors (Lipinski definition) is 3. The van der Waals surface area contributed by atoms with E-state index in [4.69, 9.17) is 77.7 Å². The van der Waals surface area contributed by atoms with Gasteiger partial charge < -0.3 is 30.2 Å². The molecule has 6 aliphatic rings. The number of aromatic nitrogens is 2. The second kappa shape index (κ2) is 21.5. The molecule has 3 unspecified atom stereocenters. The topological polar surface area (TPSA) is 91.1 Å². The third-order valence-corrected chi connectivity index (χ3v) is 17.4. The molecule has 0 aromatic heterocycles. The molecule has 0 saturated carbocycles. The van der Waals surface area contributed by atoms with Gasteiger partial charge in [-0.05, 0) is 187 Å². The van der Waals surface area contributed by atoms with Gasteiger partial charge in [-0.3, -0.25) is 9.98 Å². The van der Waals surface area contributed by atoms with E-state index in [1.807, 2.05) is 84.9 Å². The van der Waals surface area contributed by atoms with Gasteiger partial charge >= 0.3 is 0 Å². The Morgan fingerprint density at radius 1 is 0.714 bits per heavy atom. The number of allylic oxidation sites excluding steroid dienone is 1. The Hall–Kier alpha value is -5.79. The molecule has 6 aromatic carbocycles. The molecule has 4 heterocycles. The van der Waals surface area contributed by atoms with Gasteiger partial charge in [-0.15, -0.1) is 0 Å². The van der Waals surface area contributed by atoms with Crippen LogP contribution in [0, 0.1) is 0 Å². The number of benzene rings is 7. The Kier molecular flexibility index (Phi) is 14.5. The highest BCUT2D eigenvalue weighted by atomic mass is 35.5. The van der Waals surface area contributed by atoms with Gasteiger partial charge in [0.25, 0.3) is 0 Å². The molecule has 6 aromatic rings. The van der Waals surface area contributed by atoms with Gasteiger partial charge in [-0.2, -0.15) is 0 Å². The van der Waals surface area contributed by atoms with Crippen LogP contribution in [0.1, 0.15) is 52.0 Å². The molecule has 390 valence electrons. The van der Waals surface area contributed by atoms with E-state index in [1.165, 1.54) is 0 Å². The summed E-state index contributed by atoms with van der Waals surface area (Å²) in [6.45, 7) is 8.73. The first-order chi connectivity index (χ1) is 37.2. The zero-order chi connectivity index (χ0) is 53.0. The maximum absolute atomic E-state index is 6.85. The molecule has 2 aliphatic carbocycles. The van der Waals surface area contributed by atoms with Crippen molar-refractivity contribution in [2.24, 2.45) is 9.98 Å². The normalized spacial score (nSPS) is 21.1. The molecule has 12 rings (SSSR count). The molecule has 9 nitrogen and oxygen atoms in total. The van der Waals surface area contributed by atoms with Crippen LogP contribution in [-0.4, -0.2) is 57.6 Å². The molecule has 3 atom stereocenters. The van der Waals surface area contributed by atoms with Gasteiger partial charge in [0, 0.05) is 37.3 Å². The van der Waals surface area contributed by atoms with E-state index < -0.39 is 0 Å². The predicted octanol–water partition coefficient (Wildman–Crippen LogP) is 16.0. The van der Waals surface area contributed by atoms with Crippen LogP contribution in [0.3, 0.4) is 0 Å². The maximum atomic E-state index is 6.85. The van der Waals surface area contributed by atoms with Crippen molar-refractivity contribution < 1.29 is 4.74 Å². The van der Waals surface area contributed by atoms with E-state index in [0.29, 0.717) is 30.9 Å². The van der Waals surface area contributed by atoms with Gasteiger partial charge in [-0.25, -0.2) is 4.98 Å². The average Bonchev–Trinajstić information content (AvgIpc) is 3.51. The summed E-state index contributed by atoms with van der Waals surface area (Å²) >= 11 is 34.6. The number of halogens is 5. The van der Waals surface area contributed by atoms with E-state index in [9.17, 15) is 0 Å². The van der Waals surface area contributed by atoms with Crippen molar-refractivity contribution in [3.8, 4) is 22.8 Å². The van der Waals surface area contributed by atoms with Crippen LogP contribution in [-0.2, 0) is 6.42 Å². The quantitative estimate of drug-likeness (QED) is 0.118. The molecular formula is C62H55Cl5N8OS. The van der Waals surface area contributed by atoms with Crippen molar-refractivity contribution in [1.29, 1.82) is 0 Å². The van der Waals surface area contributed by atoms with Gasteiger partial charge in [-0.1, -0.05) is 112 Å². The van der Waals surface area contributed by atoms with Crippen molar-refractivity contribution >= 4 is 104 Å². The lowest BCUT2D eigenvalue weighted by Crippen LogP contribution is -2.61. The SMILES string of the molecule is CC1(C)CC(N=C2C=C3C(C=C2Oc2ccccc2)Nc2cc(Cl)ccc2N3c2ccccc2)CC(C)(Cc2ccc3nc4cc(Sc5ccc(Cl)c(Cl)c5)c(=NC5CCNCC5)cc-4n(-c4ccc(Cl)c(Cl)c4)c3c2)N1. The zero-order valence-corrected chi connectivity index (χ0v) is 47.2. The van der Waals surface area contributed by atoms with Crippen molar-refractivity contribution in [2.45, 2.75) is 91.9 Å². The Morgan fingerprint density at radius 3 is 2.23 bits per heavy atom. The highest BCUT2D eigenvalue weighted by molar-refractivity contribution is 7.99. The van der Waals surface area contributed by atoms with Crippen LogP contribution < -0.4 is 30.9 Å². The average molecular weight is 1140 g/mol. The monoisotopic (exact) mass is 1130 g/mol. The number of hydrogen-bond acceptors (Lipinski definition) is 9. The standard InChI is InChI=1S/C62H55Cl5N8OS/c1-61(2)35-40(70-53-30-57-51(32-59(53)76-43-12-8-5-9-13-43)72-50-27-38(63)15-21-55(50)74(57)41-10-6-4-7-11-41)36-62(3,73-61)34-37-14-20-49-56(26-37)75(42-16-18-45(64)47(66)28-42)58-31-54(69-39-22-24-68-25-23-39)60(33-52(58)71-49)77-44-17-19-46(65)48(67)29-44/h4-21,26-33,39-40,51,68,72-73H,22-25,34-36H2,1-3H3. The van der Waals surface area contributed by atoms with Crippen molar-refractivity contribution in [3.63, 3.8) is 0 Å². The van der Waals surface area contributed by atoms with E-state index in [1.54, 1.807) is 11.8 Å². The summed E-state index contributed by atoms with van der Waals surface area (Å²) in [6.07, 6.45) is 8.57. The smallest absolute Gasteiger partial charge is 0.151 e. The third kappa shape index (κ3) is 11.1. The van der Waals surface area contributed by atoms with Crippen LogP contribution in [0.4, 0.5) is 17.1 Å². The van der Waals surface area contributed by atoms with E-state index in [2.05, 4.69) is 119 Å². The van der Waals surface area contributed by atoms with Gasteiger partial charge in [0.15, 0.2) is 5.76 Å². The highest BCUT2D eigenvalue weighted by Crippen LogP contribution is 2.45. The number of aliphatic imine (C=N–C) groups is 1. The molecule has 15 heteroatoms. The number of piperidine rings is 2. The van der Waals surface area contributed by atoms with Crippen LogP contribution >= 0.6 is 69.8 Å². The van der Waals surface area contributed by atoms with Crippen molar-refractivity contribution in [1.82, 2.24) is 20.2 Å². The molecule has 77 heavy (non-hydrogen) atoms. The Balaban J connectivity index is 0.942. The lowest BCUT2D eigenvalue weighted by atomic mass is 9.76. The maximum Gasteiger partial charge on any atom is 0.151 e. The summed E-state index contributed by atoms with van der Waals surface area (Å²) in [4.78, 5) is 20.8. The minimum Gasteiger partial charge on any atom is -0.455 e. The number of rotatable bonds is 10. The number of fused-ring (bicyclic) bond motifs is 4. The van der Waals surface area contributed by atoms with Gasteiger partial charge in [0.1, 0.15) is 11.5 Å².